The molecular weight excluding hydrogens is 274 g/mol. The maximum absolute atomic E-state index is 5.80. The van der Waals surface area contributed by atoms with Crippen molar-refractivity contribution < 1.29 is 9.15 Å². The van der Waals surface area contributed by atoms with Crippen molar-refractivity contribution in [2.75, 3.05) is 26.8 Å². The van der Waals surface area contributed by atoms with E-state index in [2.05, 4.69) is 15.3 Å². The molecule has 5 nitrogen and oxygen atoms in total. The predicted octanol–water partition coefficient (Wildman–Crippen LogP) is 2.58. The minimum Gasteiger partial charge on any atom is -0.440 e. The van der Waals surface area contributed by atoms with Crippen molar-refractivity contribution in [3.05, 3.63) is 22.8 Å². The molecule has 0 unspecified atom stereocenters. The molecule has 0 aliphatic heterocycles. The van der Waals surface area contributed by atoms with E-state index in [1.54, 1.807) is 24.6 Å². The second-order valence-corrected chi connectivity index (χ2v) is 5.82. The molecule has 2 aromatic rings. The Kier molecular flexibility index (Phi) is 5.70. The third-order valence-electron chi connectivity index (χ3n) is 2.91. The Hall–Kier alpha value is -1.24. The van der Waals surface area contributed by atoms with Gasteiger partial charge < -0.3 is 14.5 Å². The first-order valence-corrected chi connectivity index (χ1v) is 7.61. The third kappa shape index (κ3) is 4.13. The summed E-state index contributed by atoms with van der Waals surface area (Å²) in [5.74, 6) is 1.62. The van der Waals surface area contributed by atoms with Crippen molar-refractivity contribution >= 4 is 11.3 Å². The normalized spacial score (nSPS) is 11.2. The first kappa shape index (κ1) is 15.2. The average molecular weight is 295 g/mol. The summed E-state index contributed by atoms with van der Waals surface area (Å²) < 4.78 is 10.8. The van der Waals surface area contributed by atoms with Gasteiger partial charge in [-0.25, -0.2) is 9.97 Å². The maximum Gasteiger partial charge on any atom is 0.194 e. The standard InChI is InChI=1S/C14H21N3O2S/c1-10-14(20-11(2)17-10)12-9-16-13(19-12)5-4-6-15-7-8-18-3/h9,15H,4-8H2,1-3H3. The lowest BCUT2D eigenvalue weighted by molar-refractivity contribution is 0.199. The summed E-state index contributed by atoms with van der Waals surface area (Å²) in [5, 5.41) is 4.36. The van der Waals surface area contributed by atoms with E-state index in [1.807, 2.05) is 13.8 Å². The van der Waals surface area contributed by atoms with Gasteiger partial charge in [0.25, 0.3) is 0 Å². The number of aryl methyl sites for hydroxylation is 3. The molecule has 0 saturated carbocycles. The summed E-state index contributed by atoms with van der Waals surface area (Å²) in [6.45, 7) is 6.57. The van der Waals surface area contributed by atoms with Crippen LogP contribution in [0.3, 0.4) is 0 Å². The van der Waals surface area contributed by atoms with Crippen LogP contribution in [-0.4, -0.2) is 36.8 Å². The van der Waals surface area contributed by atoms with Crippen molar-refractivity contribution in [1.82, 2.24) is 15.3 Å². The number of aromatic nitrogens is 2. The van der Waals surface area contributed by atoms with E-state index in [9.17, 15) is 0 Å². The molecule has 2 aromatic heterocycles. The monoisotopic (exact) mass is 295 g/mol. The minimum atomic E-state index is 0.743. The van der Waals surface area contributed by atoms with Crippen LogP contribution >= 0.6 is 11.3 Å². The lowest BCUT2D eigenvalue weighted by Crippen LogP contribution is -2.20. The fourth-order valence-corrected chi connectivity index (χ4v) is 2.82. The van der Waals surface area contributed by atoms with Gasteiger partial charge in [-0.3, -0.25) is 0 Å². The van der Waals surface area contributed by atoms with Gasteiger partial charge in [0.15, 0.2) is 11.7 Å². The zero-order valence-electron chi connectivity index (χ0n) is 12.2. The van der Waals surface area contributed by atoms with Crippen molar-refractivity contribution in [1.29, 1.82) is 0 Å². The van der Waals surface area contributed by atoms with Crippen LogP contribution in [0.2, 0.25) is 0 Å². The number of ether oxygens (including phenoxy) is 1. The van der Waals surface area contributed by atoms with Crippen LogP contribution in [-0.2, 0) is 11.2 Å². The van der Waals surface area contributed by atoms with Gasteiger partial charge in [0.1, 0.15) is 0 Å². The zero-order chi connectivity index (χ0) is 14.4. The molecule has 0 aliphatic carbocycles. The fourth-order valence-electron chi connectivity index (χ4n) is 1.95. The molecule has 0 radical (unpaired) electrons. The van der Waals surface area contributed by atoms with Crippen LogP contribution in [0.4, 0.5) is 0 Å². The van der Waals surface area contributed by atoms with Crippen molar-refractivity contribution in [2.45, 2.75) is 26.7 Å². The van der Waals surface area contributed by atoms with Crippen molar-refractivity contribution in [2.24, 2.45) is 0 Å². The van der Waals surface area contributed by atoms with Gasteiger partial charge in [0.2, 0.25) is 0 Å². The number of oxazole rings is 1. The molecule has 0 fully saturated rings. The topological polar surface area (TPSA) is 60.2 Å². The minimum absolute atomic E-state index is 0.743. The molecule has 0 spiro atoms. The van der Waals surface area contributed by atoms with Gasteiger partial charge in [-0.2, -0.15) is 0 Å². The summed E-state index contributed by atoms with van der Waals surface area (Å²) >= 11 is 1.65. The van der Waals surface area contributed by atoms with Gasteiger partial charge >= 0.3 is 0 Å². The van der Waals surface area contributed by atoms with E-state index in [1.165, 1.54) is 0 Å². The van der Waals surface area contributed by atoms with Gasteiger partial charge in [-0.1, -0.05) is 0 Å². The molecule has 0 bridgehead atoms. The van der Waals surface area contributed by atoms with Crippen LogP contribution in [0, 0.1) is 13.8 Å². The molecule has 6 heteroatoms. The number of methoxy groups -OCH3 is 1. The number of hydrogen-bond donors (Lipinski definition) is 1. The summed E-state index contributed by atoms with van der Waals surface area (Å²) in [6, 6.07) is 0. The molecule has 0 aliphatic rings. The van der Waals surface area contributed by atoms with Crippen LogP contribution < -0.4 is 5.32 Å². The quantitative estimate of drug-likeness (QED) is 0.759. The predicted molar refractivity (Wildman–Crippen MR) is 80.2 cm³/mol. The highest BCUT2D eigenvalue weighted by Gasteiger charge is 2.12. The third-order valence-corrected chi connectivity index (χ3v) is 4.00. The fraction of sp³-hybridized carbons (Fsp3) is 0.571. The summed E-state index contributed by atoms with van der Waals surface area (Å²) in [4.78, 5) is 9.83. The van der Waals surface area contributed by atoms with E-state index in [-0.39, 0.29) is 0 Å². The number of rotatable bonds is 8. The second kappa shape index (κ2) is 7.52. The van der Waals surface area contributed by atoms with E-state index >= 15 is 0 Å². The SMILES string of the molecule is COCCNCCCc1ncc(-c2sc(C)nc2C)o1. The Bertz CT molecular complexity index is 536. The largest absolute Gasteiger partial charge is 0.440 e. The Morgan fingerprint density at radius 3 is 2.90 bits per heavy atom. The highest BCUT2D eigenvalue weighted by molar-refractivity contribution is 7.15. The Morgan fingerprint density at radius 1 is 1.35 bits per heavy atom. The molecule has 0 aromatic carbocycles. The number of nitrogens with zero attached hydrogens (tertiary/aromatic N) is 2. The zero-order valence-corrected chi connectivity index (χ0v) is 13.0. The average Bonchev–Trinajstić information content (AvgIpc) is 3.00. The molecule has 2 heterocycles. The first-order valence-electron chi connectivity index (χ1n) is 6.79. The van der Waals surface area contributed by atoms with Crippen LogP contribution in [0.5, 0.6) is 0 Å². The molecular formula is C14H21N3O2S. The van der Waals surface area contributed by atoms with E-state index < -0.39 is 0 Å². The molecule has 0 amide bonds. The Balaban J connectivity index is 1.82. The Labute approximate surface area is 123 Å². The molecule has 0 atom stereocenters. The van der Waals surface area contributed by atoms with E-state index in [4.69, 9.17) is 9.15 Å². The van der Waals surface area contributed by atoms with Crippen LogP contribution in [0.15, 0.2) is 10.6 Å². The second-order valence-electron chi connectivity index (χ2n) is 4.61. The summed E-state index contributed by atoms with van der Waals surface area (Å²) in [5.41, 5.74) is 1.01. The number of thiazole rings is 1. The van der Waals surface area contributed by atoms with Crippen molar-refractivity contribution in [3.63, 3.8) is 0 Å². The molecule has 2 rings (SSSR count). The molecule has 110 valence electrons. The van der Waals surface area contributed by atoms with Gasteiger partial charge in [0, 0.05) is 20.1 Å². The van der Waals surface area contributed by atoms with E-state index in [0.717, 1.165) is 59.8 Å². The molecule has 1 N–H and O–H groups in total. The lowest BCUT2D eigenvalue weighted by Gasteiger charge is -2.01. The van der Waals surface area contributed by atoms with Crippen LogP contribution in [0.25, 0.3) is 10.6 Å². The lowest BCUT2D eigenvalue weighted by atomic mass is 10.3. The number of hydrogen-bond acceptors (Lipinski definition) is 6. The van der Waals surface area contributed by atoms with E-state index in [0.29, 0.717) is 0 Å². The highest BCUT2D eigenvalue weighted by atomic mass is 32.1. The first-order chi connectivity index (χ1) is 9.70. The molecule has 0 saturated heterocycles. The summed E-state index contributed by atoms with van der Waals surface area (Å²) in [6.07, 6.45) is 3.65. The maximum atomic E-state index is 5.80. The number of nitrogens with one attached hydrogen (secondary N) is 1. The molecule has 20 heavy (non-hydrogen) atoms. The van der Waals surface area contributed by atoms with Gasteiger partial charge in [-0.15, -0.1) is 11.3 Å². The highest BCUT2D eigenvalue weighted by Crippen LogP contribution is 2.30. The van der Waals surface area contributed by atoms with Gasteiger partial charge in [0.05, 0.1) is 28.4 Å². The smallest absolute Gasteiger partial charge is 0.194 e. The van der Waals surface area contributed by atoms with Crippen LogP contribution in [0.1, 0.15) is 23.0 Å². The van der Waals surface area contributed by atoms with Crippen molar-refractivity contribution in [3.8, 4) is 10.6 Å². The van der Waals surface area contributed by atoms with Gasteiger partial charge in [-0.05, 0) is 26.8 Å². The Morgan fingerprint density at radius 2 is 2.20 bits per heavy atom. The summed E-state index contributed by atoms with van der Waals surface area (Å²) in [7, 11) is 1.71.